The van der Waals surface area contributed by atoms with Crippen LogP contribution in [0.25, 0.3) is 0 Å². The topological polar surface area (TPSA) is 129 Å². The van der Waals surface area contributed by atoms with Gasteiger partial charge in [-0.05, 0) is 83.5 Å². The first-order valence-corrected chi connectivity index (χ1v) is 24.2. The number of phosphoric acid groups is 1. The zero-order valence-corrected chi connectivity index (χ0v) is 40.0. The highest BCUT2D eigenvalue weighted by atomic mass is 31.2. The van der Waals surface area contributed by atoms with E-state index in [4.69, 9.17) is 18.5 Å². The molecule has 0 aromatic heterocycles. The van der Waals surface area contributed by atoms with Crippen molar-refractivity contribution in [3.05, 3.63) is 146 Å². The molecule has 11 heteroatoms. The van der Waals surface area contributed by atoms with E-state index in [1.807, 2.05) is 81.9 Å². The normalized spacial score (nSPS) is 15.3. The van der Waals surface area contributed by atoms with Crippen LogP contribution in [0.5, 0.6) is 0 Å². The third-order valence-corrected chi connectivity index (χ3v) is 9.46. The first kappa shape index (κ1) is 58.9. The maximum Gasteiger partial charge on any atom is 0.472 e. The van der Waals surface area contributed by atoms with Gasteiger partial charge in [-0.25, -0.2) is 4.57 Å². The molecule has 2 N–H and O–H groups in total. The van der Waals surface area contributed by atoms with Crippen molar-refractivity contribution in [2.45, 2.75) is 122 Å². The van der Waals surface area contributed by atoms with Crippen molar-refractivity contribution < 1.29 is 47.2 Å². The quantitative estimate of drug-likeness (QED) is 0.0205. The van der Waals surface area contributed by atoms with E-state index < -0.39 is 38.6 Å². The Kier molecular flexibility index (Phi) is 39.1. The summed E-state index contributed by atoms with van der Waals surface area (Å²) in [5, 5.41) is 10.0. The third-order valence-electron chi connectivity index (χ3n) is 8.47. The molecule has 3 atom stereocenters. The lowest BCUT2D eigenvalue weighted by Gasteiger charge is -2.24. The molecule has 0 aliphatic carbocycles. The van der Waals surface area contributed by atoms with Crippen LogP contribution in [0, 0.1) is 0 Å². The van der Waals surface area contributed by atoms with Crippen molar-refractivity contribution >= 4 is 19.8 Å². The van der Waals surface area contributed by atoms with E-state index in [-0.39, 0.29) is 26.1 Å². The number of rotatable bonds is 38. The molecule has 0 aliphatic rings. The molecule has 10 nitrogen and oxygen atoms in total. The number of aliphatic hydroxyl groups excluding tert-OH is 1. The first-order valence-electron chi connectivity index (χ1n) is 22.7. The van der Waals surface area contributed by atoms with E-state index in [9.17, 15) is 24.2 Å². The van der Waals surface area contributed by atoms with Crippen LogP contribution >= 0.6 is 7.82 Å². The SMILES string of the molecule is CC/C=C\C/C=C\C/C=C\C/C=C\C/C=C\C/C=C\CCC(=O)O[C@H](COC(=O)CC/C=C\C/C=C\C/C=C\C=C\C(O)C/C=C\C/C=C\CC)COP(=O)(O)OCC[N+](C)(C)C. The summed E-state index contributed by atoms with van der Waals surface area (Å²) in [4.78, 5) is 35.4. The Morgan fingerprint density at radius 2 is 0.984 bits per heavy atom. The van der Waals surface area contributed by atoms with Crippen LogP contribution in [0.2, 0.25) is 0 Å². The standard InChI is InChI=1S/C52H80NO9P/c1-6-8-10-12-14-15-16-17-18-19-20-21-22-23-24-29-32-36-40-44-52(56)62-50(48-61-63(57,58)60-46-45-53(3,4)5)47-59-51(55)43-39-35-31-28-26-25-27-30-34-38-42-49(54)41-37-33-13-11-9-7-2/h8-11,14-15,17-18,20-21,23-26,30-38,42,49-50,54H,6-7,12-13,16,19,22,27-29,39-41,43-48H2,1-5H3/p+1/b10-8-,11-9-,15-14-,18-17-,21-20-,24-23-,26-25-,34-30-,35-31-,36-32-,37-33-,42-38+/t49?,50-/m1/s1. The molecule has 0 rings (SSSR count). The molecule has 0 spiro atoms. The van der Waals surface area contributed by atoms with Gasteiger partial charge < -0.3 is 24.0 Å². The summed E-state index contributed by atoms with van der Waals surface area (Å²) in [7, 11) is 1.33. The molecular weight excluding hydrogens is 814 g/mol. The summed E-state index contributed by atoms with van der Waals surface area (Å²) in [5.74, 6) is -1.04. The van der Waals surface area contributed by atoms with Crippen LogP contribution in [0.1, 0.15) is 110 Å². The number of hydrogen-bond acceptors (Lipinski definition) is 8. The number of ether oxygens (including phenoxy) is 2. The molecule has 0 saturated heterocycles. The van der Waals surface area contributed by atoms with Crippen LogP contribution < -0.4 is 0 Å². The monoisotopic (exact) mass is 895 g/mol. The number of quaternary nitrogens is 1. The van der Waals surface area contributed by atoms with E-state index in [0.717, 1.165) is 57.8 Å². The Labute approximate surface area is 381 Å². The predicted octanol–water partition coefficient (Wildman–Crippen LogP) is 12.2. The summed E-state index contributed by atoms with van der Waals surface area (Å²) in [6.45, 7) is 3.89. The Balaban J connectivity index is 4.67. The second-order valence-corrected chi connectivity index (χ2v) is 17.0. The van der Waals surface area contributed by atoms with E-state index in [2.05, 4.69) is 92.8 Å². The molecular formula is C52H81NO9P+. The van der Waals surface area contributed by atoms with Gasteiger partial charge in [0.1, 0.15) is 19.8 Å². The maximum absolute atomic E-state index is 12.7. The minimum Gasteiger partial charge on any atom is -0.462 e. The summed E-state index contributed by atoms with van der Waals surface area (Å²) >= 11 is 0. The number of hydrogen-bond donors (Lipinski definition) is 2. The highest BCUT2D eigenvalue weighted by Crippen LogP contribution is 2.43. The fourth-order valence-electron chi connectivity index (χ4n) is 4.97. The van der Waals surface area contributed by atoms with Gasteiger partial charge in [-0.1, -0.05) is 160 Å². The zero-order valence-electron chi connectivity index (χ0n) is 39.1. The smallest absolute Gasteiger partial charge is 0.462 e. The predicted molar refractivity (Wildman–Crippen MR) is 262 cm³/mol. The van der Waals surface area contributed by atoms with E-state index in [1.54, 1.807) is 6.08 Å². The van der Waals surface area contributed by atoms with Gasteiger partial charge in [0.25, 0.3) is 0 Å². The number of carbonyl (C=O) groups is 2. The molecule has 0 fully saturated rings. The number of esters is 2. The number of allylic oxidation sites excluding steroid dienone is 22. The summed E-state index contributed by atoms with van der Waals surface area (Å²) in [5.41, 5.74) is 0. The van der Waals surface area contributed by atoms with E-state index >= 15 is 0 Å². The third kappa shape index (κ3) is 45.7. The van der Waals surface area contributed by atoms with Gasteiger partial charge >= 0.3 is 19.8 Å². The molecule has 0 bridgehead atoms. The maximum atomic E-state index is 12.7. The summed E-state index contributed by atoms with van der Waals surface area (Å²) in [6, 6.07) is 0. The molecule has 2 unspecified atom stereocenters. The second-order valence-electron chi connectivity index (χ2n) is 15.5. The van der Waals surface area contributed by atoms with E-state index in [1.165, 1.54) is 0 Å². The molecule has 63 heavy (non-hydrogen) atoms. The fourth-order valence-corrected chi connectivity index (χ4v) is 5.71. The molecule has 0 saturated carbocycles. The molecule has 0 aliphatic heterocycles. The van der Waals surface area contributed by atoms with Crippen LogP contribution in [-0.4, -0.2) is 86.1 Å². The first-order chi connectivity index (χ1) is 30.4. The molecule has 0 heterocycles. The number of likely N-dealkylation sites (N-methyl/N-ethyl adjacent to an activating group) is 1. The Hall–Kier alpha value is -4.15. The minimum atomic E-state index is -4.44. The van der Waals surface area contributed by atoms with Gasteiger partial charge in [-0.3, -0.25) is 18.6 Å². The average Bonchev–Trinajstić information content (AvgIpc) is 3.23. The molecule has 0 radical (unpaired) electrons. The van der Waals surface area contributed by atoms with Crippen molar-refractivity contribution in [1.29, 1.82) is 0 Å². The van der Waals surface area contributed by atoms with Crippen molar-refractivity contribution in [2.75, 3.05) is 47.5 Å². The average molecular weight is 895 g/mol. The van der Waals surface area contributed by atoms with Crippen molar-refractivity contribution in [2.24, 2.45) is 0 Å². The van der Waals surface area contributed by atoms with Crippen LogP contribution in [0.4, 0.5) is 0 Å². The van der Waals surface area contributed by atoms with Crippen LogP contribution in [-0.2, 0) is 32.7 Å². The summed E-state index contributed by atoms with van der Waals surface area (Å²) < 4.78 is 34.1. The Morgan fingerprint density at radius 1 is 0.556 bits per heavy atom. The number of nitrogens with zero attached hydrogens (tertiary/aromatic N) is 1. The molecule has 352 valence electrons. The van der Waals surface area contributed by atoms with Crippen molar-refractivity contribution in [3.8, 4) is 0 Å². The minimum absolute atomic E-state index is 0.0111. The van der Waals surface area contributed by atoms with Crippen LogP contribution in [0.3, 0.4) is 0 Å². The van der Waals surface area contributed by atoms with Crippen molar-refractivity contribution in [1.82, 2.24) is 0 Å². The van der Waals surface area contributed by atoms with Gasteiger partial charge in [-0.15, -0.1) is 0 Å². The highest BCUT2D eigenvalue weighted by molar-refractivity contribution is 7.47. The van der Waals surface area contributed by atoms with Crippen molar-refractivity contribution in [3.63, 3.8) is 0 Å². The van der Waals surface area contributed by atoms with Crippen LogP contribution in [0.15, 0.2) is 146 Å². The highest BCUT2D eigenvalue weighted by Gasteiger charge is 2.27. The zero-order chi connectivity index (χ0) is 46.5. The summed E-state index contributed by atoms with van der Waals surface area (Å²) in [6.07, 6.45) is 58.2. The lowest BCUT2D eigenvalue weighted by atomic mass is 10.2. The van der Waals surface area contributed by atoms with Gasteiger partial charge in [0.2, 0.25) is 0 Å². The number of aliphatic hydroxyl groups is 1. The molecule has 0 aromatic carbocycles. The number of carbonyl (C=O) groups excluding carboxylic acids is 2. The molecule has 0 aromatic rings. The van der Waals surface area contributed by atoms with Gasteiger partial charge in [-0.2, -0.15) is 0 Å². The Bertz CT molecular complexity index is 1590. The lowest BCUT2D eigenvalue weighted by molar-refractivity contribution is -0.870. The van der Waals surface area contributed by atoms with Gasteiger partial charge in [0.15, 0.2) is 6.10 Å². The van der Waals surface area contributed by atoms with Gasteiger partial charge in [0.05, 0.1) is 33.9 Å². The second kappa shape index (κ2) is 41.8. The largest absolute Gasteiger partial charge is 0.472 e. The number of phosphoric ester groups is 1. The Morgan fingerprint density at radius 3 is 1.46 bits per heavy atom. The molecule has 0 amide bonds. The van der Waals surface area contributed by atoms with E-state index in [0.29, 0.717) is 36.7 Å². The lowest BCUT2D eigenvalue weighted by Crippen LogP contribution is -2.37. The fraction of sp³-hybridized carbons (Fsp3) is 0.500. The van der Waals surface area contributed by atoms with Gasteiger partial charge in [0, 0.05) is 12.8 Å².